The Kier molecular flexibility index (Phi) is 7.47. The molecule has 1 saturated heterocycles. The highest BCUT2D eigenvalue weighted by Gasteiger charge is 2.49. The fraction of sp³-hybridized carbons (Fsp3) is 0.714. The number of carboxylic acid groups (broad SMARTS) is 1. The number of carboxylic acids is 1. The number of rotatable bonds is 6. The van der Waals surface area contributed by atoms with Crippen molar-refractivity contribution in [3.05, 3.63) is 0 Å². The number of nitrogens with zero attached hydrogens (tertiary/aromatic N) is 1. The predicted molar refractivity (Wildman–Crippen MR) is 94.6 cm³/mol. The van der Waals surface area contributed by atoms with Crippen LogP contribution in [0.25, 0.3) is 0 Å². The van der Waals surface area contributed by atoms with E-state index in [-0.39, 0.29) is 27.6 Å². The number of carbonyl (C=O) groups excluding carboxylic acids is 3. The van der Waals surface area contributed by atoms with E-state index in [1.54, 1.807) is 13.8 Å². The Morgan fingerprint density at radius 1 is 1.17 bits per heavy atom. The Bertz CT molecular complexity index is 491. The maximum Gasteiger partial charge on any atom is 0.327 e. The molecule has 1 aliphatic rings. The van der Waals surface area contributed by atoms with E-state index in [1.165, 1.54) is 30.5 Å². The first-order valence-corrected chi connectivity index (χ1v) is 9.96. The van der Waals surface area contributed by atoms with E-state index in [0.29, 0.717) is 5.88 Å². The summed E-state index contributed by atoms with van der Waals surface area (Å²) < 4.78 is -0.576. The van der Waals surface area contributed by atoms with Gasteiger partial charge in [-0.3, -0.25) is 14.4 Å². The molecule has 1 aliphatic heterocycles. The van der Waals surface area contributed by atoms with Gasteiger partial charge in [-0.15, -0.1) is 11.8 Å². The van der Waals surface area contributed by atoms with Gasteiger partial charge in [0.15, 0.2) is 10.2 Å². The first-order chi connectivity index (χ1) is 10.6. The molecule has 9 heteroatoms. The summed E-state index contributed by atoms with van der Waals surface area (Å²) in [5, 5.41) is 9.24. The predicted octanol–water partition coefficient (Wildman–Crippen LogP) is 1.93. The van der Waals surface area contributed by atoms with Crippen LogP contribution in [-0.2, 0) is 19.2 Å². The standard InChI is InChI=1S/C14H21NO5S3/c1-8(16)21-5-10(6-22-9(2)17)12(18)15-7-23-14(3,4)11(15)13(19)20/h10-11H,5-7H2,1-4H3,(H,19,20). The molecular formula is C14H21NO5S3. The molecule has 1 N–H and O–H groups in total. The zero-order valence-electron chi connectivity index (χ0n) is 13.5. The van der Waals surface area contributed by atoms with Gasteiger partial charge in [-0.1, -0.05) is 23.5 Å². The van der Waals surface area contributed by atoms with Crippen molar-refractivity contribution in [3.8, 4) is 0 Å². The molecule has 130 valence electrons. The lowest BCUT2D eigenvalue weighted by atomic mass is 10.0. The highest BCUT2D eigenvalue weighted by Crippen LogP contribution is 2.40. The molecule has 23 heavy (non-hydrogen) atoms. The van der Waals surface area contributed by atoms with Gasteiger partial charge < -0.3 is 10.0 Å². The summed E-state index contributed by atoms with van der Waals surface area (Å²) in [5.41, 5.74) is 0. The largest absolute Gasteiger partial charge is 0.480 e. The Labute approximate surface area is 148 Å². The monoisotopic (exact) mass is 379 g/mol. The van der Waals surface area contributed by atoms with E-state index in [9.17, 15) is 24.3 Å². The summed E-state index contributed by atoms with van der Waals surface area (Å²) in [6.45, 7) is 6.43. The summed E-state index contributed by atoms with van der Waals surface area (Å²) >= 11 is 3.46. The molecule has 1 atom stereocenters. The van der Waals surface area contributed by atoms with Crippen molar-refractivity contribution in [1.82, 2.24) is 4.90 Å². The van der Waals surface area contributed by atoms with Crippen LogP contribution in [-0.4, -0.2) is 60.3 Å². The van der Waals surface area contributed by atoms with E-state index in [2.05, 4.69) is 0 Å². The molecule has 0 aromatic heterocycles. The maximum atomic E-state index is 12.8. The van der Waals surface area contributed by atoms with Crippen molar-refractivity contribution in [2.75, 3.05) is 17.4 Å². The Morgan fingerprint density at radius 2 is 1.65 bits per heavy atom. The first-order valence-electron chi connectivity index (χ1n) is 7.00. The van der Waals surface area contributed by atoms with Crippen molar-refractivity contribution in [2.24, 2.45) is 5.92 Å². The van der Waals surface area contributed by atoms with Crippen molar-refractivity contribution in [2.45, 2.75) is 38.5 Å². The van der Waals surface area contributed by atoms with Gasteiger partial charge in [0.1, 0.15) is 6.04 Å². The average Bonchev–Trinajstić information content (AvgIpc) is 2.73. The van der Waals surface area contributed by atoms with E-state index in [4.69, 9.17) is 0 Å². The highest BCUT2D eigenvalue weighted by atomic mass is 32.2. The van der Waals surface area contributed by atoms with E-state index < -0.39 is 22.7 Å². The van der Waals surface area contributed by atoms with Gasteiger partial charge in [0.25, 0.3) is 0 Å². The van der Waals surface area contributed by atoms with Crippen LogP contribution in [0.3, 0.4) is 0 Å². The Balaban J connectivity index is 2.91. The second-order valence-electron chi connectivity index (χ2n) is 5.73. The van der Waals surface area contributed by atoms with Crippen LogP contribution in [0, 0.1) is 5.92 Å². The highest BCUT2D eigenvalue weighted by molar-refractivity contribution is 8.14. The summed E-state index contributed by atoms with van der Waals surface area (Å²) in [5.74, 6) is -1.10. The lowest BCUT2D eigenvalue weighted by Gasteiger charge is -2.30. The van der Waals surface area contributed by atoms with Gasteiger partial charge in [0.05, 0.1) is 11.8 Å². The third kappa shape index (κ3) is 5.72. The van der Waals surface area contributed by atoms with Crippen LogP contribution < -0.4 is 0 Å². The topological polar surface area (TPSA) is 91.8 Å². The number of amides is 1. The number of aliphatic carboxylic acids is 1. The van der Waals surface area contributed by atoms with Gasteiger partial charge in [0, 0.05) is 30.1 Å². The SMILES string of the molecule is CC(=O)SCC(CSC(C)=O)C(=O)N1CSC(C)(C)C1C(=O)O. The molecule has 0 aromatic carbocycles. The number of hydrogen-bond donors (Lipinski definition) is 1. The summed E-state index contributed by atoms with van der Waals surface area (Å²) in [4.78, 5) is 48.0. The Morgan fingerprint density at radius 3 is 2.04 bits per heavy atom. The van der Waals surface area contributed by atoms with Gasteiger partial charge >= 0.3 is 5.97 Å². The van der Waals surface area contributed by atoms with Crippen LogP contribution >= 0.6 is 35.3 Å². The minimum Gasteiger partial charge on any atom is -0.480 e. The van der Waals surface area contributed by atoms with Gasteiger partial charge in [-0.2, -0.15) is 0 Å². The van der Waals surface area contributed by atoms with Crippen LogP contribution in [0.1, 0.15) is 27.7 Å². The summed E-state index contributed by atoms with van der Waals surface area (Å²) in [6.07, 6.45) is 0. The molecule has 1 fully saturated rings. The van der Waals surface area contributed by atoms with Gasteiger partial charge in [0.2, 0.25) is 5.91 Å². The first kappa shape index (κ1) is 20.4. The molecule has 0 radical (unpaired) electrons. The quantitative estimate of drug-likeness (QED) is 0.748. The Hall–Kier alpha value is -0.670. The molecule has 0 bridgehead atoms. The van der Waals surface area contributed by atoms with Gasteiger partial charge in [-0.05, 0) is 13.8 Å². The molecule has 1 rings (SSSR count). The minimum atomic E-state index is -1.04. The molecule has 0 spiro atoms. The third-order valence-electron chi connectivity index (χ3n) is 3.39. The smallest absolute Gasteiger partial charge is 0.327 e. The molecule has 0 aromatic rings. The normalized spacial score (nSPS) is 19.9. The zero-order chi connectivity index (χ0) is 17.8. The van der Waals surface area contributed by atoms with Crippen LogP contribution in [0.4, 0.5) is 0 Å². The zero-order valence-corrected chi connectivity index (χ0v) is 16.0. The van der Waals surface area contributed by atoms with Crippen LogP contribution in [0.5, 0.6) is 0 Å². The molecular weight excluding hydrogens is 358 g/mol. The fourth-order valence-electron chi connectivity index (χ4n) is 2.25. The van der Waals surface area contributed by atoms with Crippen LogP contribution in [0.15, 0.2) is 0 Å². The second-order valence-corrected chi connectivity index (χ2v) is 9.72. The lowest BCUT2D eigenvalue weighted by molar-refractivity contribution is -0.150. The van der Waals surface area contributed by atoms with E-state index >= 15 is 0 Å². The molecule has 1 heterocycles. The van der Waals surface area contributed by atoms with Crippen LogP contribution in [0.2, 0.25) is 0 Å². The number of hydrogen-bond acceptors (Lipinski definition) is 7. The van der Waals surface area contributed by atoms with Crippen molar-refractivity contribution < 1.29 is 24.3 Å². The minimum absolute atomic E-state index is 0.110. The summed E-state index contributed by atoms with van der Waals surface area (Å²) in [7, 11) is 0. The van der Waals surface area contributed by atoms with E-state index in [0.717, 1.165) is 23.5 Å². The van der Waals surface area contributed by atoms with E-state index in [1.807, 2.05) is 0 Å². The second kappa shape index (κ2) is 8.43. The van der Waals surface area contributed by atoms with Gasteiger partial charge in [-0.25, -0.2) is 4.79 Å². The number of thioether (sulfide) groups is 3. The average molecular weight is 380 g/mol. The molecule has 1 unspecified atom stereocenters. The fourth-order valence-corrected chi connectivity index (χ4v) is 4.92. The third-order valence-corrected chi connectivity index (χ3v) is 6.71. The van der Waals surface area contributed by atoms with Crippen molar-refractivity contribution in [3.63, 3.8) is 0 Å². The molecule has 0 aliphatic carbocycles. The van der Waals surface area contributed by atoms with Crippen molar-refractivity contribution >= 4 is 57.4 Å². The van der Waals surface area contributed by atoms with Crippen molar-refractivity contribution in [1.29, 1.82) is 0 Å². The molecule has 0 saturated carbocycles. The maximum absolute atomic E-state index is 12.8. The molecule has 6 nitrogen and oxygen atoms in total. The summed E-state index contributed by atoms with van der Waals surface area (Å²) in [6, 6.07) is -0.910. The number of carbonyl (C=O) groups is 4. The molecule has 1 amide bonds. The lowest BCUT2D eigenvalue weighted by Crippen LogP contribution is -2.51.